The molecule has 3 aliphatic rings. The molecule has 2 fully saturated rings. The van der Waals surface area contributed by atoms with Crippen molar-refractivity contribution in [3.63, 3.8) is 0 Å². The molecule has 1 aliphatic heterocycles. The number of hydrogen-bond acceptors (Lipinski definition) is 4. The molecule has 2 aliphatic carbocycles. The van der Waals surface area contributed by atoms with E-state index in [4.69, 9.17) is 27.9 Å². The number of ether oxygens (including phenoxy) is 1. The maximum atomic E-state index is 14.4. The van der Waals surface area contributed by atoms with Crippen LogP contribution >= 0.6 is 23.2 Å². The number of ketones is 1. The van der Waals surface area contributed by atoms with Crippen molar-refractivity contribution in [1.29, 1.82) is 0 Å². The van der Waals surface area contributed by atoms with Crippen molar-refractivity contribution < 1.29 is 17.9 Å². The largest absolute Gasteiger partial charge is 0.498 e. The summed E-state index contributed by atoms with van der Waals surface area (Å²) in [6.45, 7) is 4.16. The minimum atomic E-state index is -4.00. The van der Waals surface area contributed by atoms with Gasteiger partial charge in [0.2, 0.25) is 0 Å². The fourth-order valence-corrected chi connectivity index (χ4v) is 9.41. The molecule has 0 unspecified atom stereocenters. The molecule has 2 bridgehead atoms. The van der Waals surface area contributed by atoms with Crippen LogP contribution in [0.4, 0.5) is 0 Å². The second kappa shape index (κ2) is 9.69. The van der Waals surface area contributed by atoms with E-state index in [0.717, 1.165) is 11.1 Å². The highest BCUT2D eigenvalue weighted by atomic mass is 35.5. The van der Waals surface area contributed by atoms with Crippen molar-refractivity contribution in [1.82, 2.24) is 4.31 Å². The molecule has 0 amide bonds. The van der Waals surface area contributed by atoms with Gasteiger partial charge in [-0.15, -0.1) is 0 Å². The lowest BCUT2D eigenvalue weighted by Crippen LogP contribution is -2.37. The standard InChI is InChI=1S/C31H29Cl2NO4S/c1-17-24(19-9-13-21(32)14-10-19)27-30(35)26(17)25-18(2)28(20-11-15-22(33)16-12-20)34(29(25)31(27)38-3)39(36,37)23-7-5-4-6-8-23/h4-18,24-28H,1-3H3/t17-,18-,24+,25-,26-,27-,28-/m1/s1. The smallest absolute Gasteiger partial charge is 0.264 e. The molecule has 0 aromatic heterocycles. The number of methoxy groups -OCH3 is 1. The minimum Gasteiger partial charge on any atom is -0.498 e. The number of sulfonamides is 1. The van der Waals surface area contributed by atoms with Crippen LogP contribution in [-0.2, 0) is 19.6 Å². The quantitative estimate of drug-likeness (QED) is 0.322. The second-order valence-electron chi connectivity index (χ2n) is 10.8. The number of halogens is 2. The molecule has 3 aromatic rings. The highest BCUT2D eigenvalue weighted by Gasteiger charge is 2.65. The molecule has 8 heteroatoms. The van der Waals surface area contributed by atoms with Crippen LogP contribution < -0.4 is 0 Å². The Labute approximate surface area is 239 Å². The van der Waals surface area contributed by atoms with Gasteiger partial charge in [-0.05, 0) is 59.4 Å². The lowest BCUT2D eigenvalue weighted by Gasteiger charge is -2.33. The number of carbonyl (C=O) groups is 1. The third kappa shape index (κ3) is 3.94. The SMILES string of the molecule is COC1=C2[C@H]([C@@H](C)[C@H](c3ccc(Cl)cc3)N2S(=O)(=O)c2ccccc2)[C@@H]2C(=O)[C@H]1[C@H](c1ccc(Cl)cc1)[C@H]2C. The maximum Gasteiger partial charge on any atom is 0.264 e. The Morgan fingerprint density at radius 1 is 0.744 bits per heavy atom. The van der Waals surface area contributed by atoms with E-state index in [-0.39, 0.29) is 40.3 Å². The van der Waals surface area contributed by atoms with E-state index in [9.17, 15) is 13.2 Å². The normalized spacial score (nSPS) is 30.0. The summed E-state index contributed by atoms with van der Waals surface area (Å²) < 4.78 is 36.5. The Kier molecular flexibility index (Phi) is 6.56. The van der Waals surface area contributed by atoms with E-state index < -0.39 is 22.0 Å². The fourth-order valence-electron chi connectivity index (χ4n) is 7.35. The van der Waals surface area contributed by atoms with E-state index in [0.29, 0.717) is 21.5 Å². The van der Waals surface area contributed by atoms with Gasteiger partial charge in [0.25, 0.3) is 10.0 Å². The van der Waals surface area contributed by atoms with Gasteiger partial charge in [0, 0.05) is 27.8 Å². The molecule has 1 saturated heterocycles. The number of nitrogens with zero attached hydrogens (tertiary/aromatic N) is 1. The van der Waals surface area contributed by atoms with Crippen molar-refractivity contribution >= 4 is 39.0 Å². The molecule has 0 spiro atoms. The van der Waals surface area contributed by atoms with Gasteiger partial charge in [0.05, 0.1) is 29.7 Å². The van der Waals surface area contributed by atoms with E-state index in [1.165, 1.54) is 0 Å². The van der Waals surface area contributed by atoms with Crippen molar-refractivity contribution in [3.05, 3.63) is 111 Å². The molecule has 39 heavy (non-hydrogen) atoms. The number of Topliss-reactive ketones (excluding diaryl/α,β-unsaturated/α-hetero) is 1. The first kappa shape index (κ1) is 26.4. The van der Waals surface area contributed by atoms with Crippen molar-refractivity contribution in [3.8, 4) is 0 Å². The summed E-state index contributed by atoms with van der Waals surface area (Å²) >= 11 is 12.4. The summed E-state index contributed by atoms with van der Waals surface area (Å²) in [6, 6.07) is 22.8. The van der Waals surface area contributed by atoms with E-state index in [1.54, 1.807) is 53.9 Å². The van der Waals surface area contributed by atoms with Crippen molar-refractivity contribution in [2.24, 2.45) is 29.6 Å². The zero-order chi connectivity index (χ0) is 27.6. The molecule has 1 saturated carbocycles. The van der Waals surface area contributed by atoms with Gasteiger partial charge in [0.15, 0.2) is 0 Å². The molecule has 0 radical (unpaired) electrons. The van der Waals surface area contributed by atoms with Crippen LogP contribution in [0.1, 0.15) is 36.9 Å². The molecule has 5 nitrogen and oxygen atoms in total. The minimum absolute atomic E-state index is 0.0241. The molecule has 3 aromatic carbocycles. The highest BCUT2D eigenvalue weighted by Crippen LogP contribution is 2.64. The number of carbonyl (C=O) groups excluding carboxylic acids is 1. The van der Waals surface area contributed by atoms with Gasteiger partial charge in [-0.3, -0.25) is 9.10 Å². The van der Waals surface area contributed by atoms with Crippen LogP contribution in [-0.4, -0.2) is 25.6 Å². The number of hydrogen-bond donors (Lipinski definition) is 0. The lowest BCUT2D eigenvalue weighted by molar-refractivity contribution is -0.126. The monoisotopic (exact) mass is 581 g/mol. The molecular weight excluding hydrogens is 553 g/mol. The lowest BCUT2D eigenvalue weighted by atomic mass is 9.72. The van der Waals surface area contributed by atoms with Crippen LogP contribution in [0.2, 0.25) is 10.0 Å². The molecule has 0 N–H and O–H groups in total. The maximum absolute atomic E-state index is 14.4. The molecular formula is C31H29Cl2NO4S. The first-order valence-corrected chi connectivity index (χ1v) is 15.3. The summed E-state index contributed by atoms with van der Waals surface area (Å²) in [5.74, 6) is -1.03. The summed E-state index contributed by atoms with van der Waals surface area (Å²) in [5, 5.41) is 1.20. The van der Waals surface area contributed by atoms with Gasteiger partial charge >= 0.3 is 0 Å². The highest BCUT2D eigenvalue weighted by molar-refractivity contribution is 7.89. The van der Waals surface area contributed by atoms with Crippen molar-refractivity contribution in [2.45, 2.75) is 30.7 Å². The number of benzene rings is 3. The topological polar surface area (TPSA) is 63.7 Å². The number of fused-ring (bicyclic) bond motifs is 4. The average molecular weight is 583 g/mol. The second-order valence-corrected chi connectivity index (χ2v) is 13.5. The molecule has 7 atom stereocenters. The van der Waals surface area contributed by atoms with Gasteiger partial charge in [0.1, 0.15) is 11.5 Å². The zero-order valence-electron chi connectivity index (χ0n) is 21.8. The van der Waals surface area contributed by atoms with Gasteiger partial charge < -0.3 is 4.74 Å². The fraction of sp³-hybridized carbons (Fsp3) is 0.323. The van der Waals surface area contributed by atoms with Crippen molar-refractivity contribution in [2.75, 3.05) is 7.11 Å². The molecule has 6 rings (SSSR count). The third-order valence-corrected chi connectivity index (χ3v) is 11.2. The molecule has 202 valence electrons. The van der Waals surface area contributed by atoms with Crippen LogP contribution in [0, 0.1) is 29.6 Å². The first-order valence-electron chi connectivity index (χ1n) is 13.1. The van der Waals surface area contributed by atoms with E-state index in [1.807, 2.05) is 43.3 Å². The Morgan fingerprint density at radius 3 is 1.87 bits per heavy atom. The summed E-state index contributed by atoms with van der Waals surface area (Å²) in [7, 11) is -2.46. The van der Waals surface area contributed by atoms with E-state index >= 15 is 0 Å². The van der Waals surface area contributed by atoms with Gasteiger partial charge in [-0.2, -0.15) is 0 Å². The van der Waals surface area contributed by atoms with Gasteiger partial charge in [-0.25, -0.2) is 8.42 Å². The summed E-state index contributed by atoms with van der Waals surface area (Å²) in [6.07, 6.45) is 0. The van der Waals surface area contributed by atoms with Gasteiger partial charge in [-0.1, -0.05) is 79.5 Å². The summed E-state index contributed by atoms with van der Waals surface area (Å²) in [4.78, 5) is 14.3. The number of allylic oxidation sites excluding steroid dienone is 2. The summed E-state index contributed by atoms with van der Waals surface area (Å²) in [5.41, 5.74) is 2.43. The first-order chi connectivity index (χ1) is 18.7. The van der Waals surface area contributed by atoms with Crippen LogP contribution in [0.3, 0.4) is 0 Å². The average Bonchev–Trinajstić information content (AvgIpc) is 3.32. The van der Waals surface area contributed by atoms with Crippen LogP contribution in [0.25, 0.3) is 0 Å². The Bertz CT molecular complexity index is 1550. The Morgan fingerprint density at radius 2 is 1.31 bits per heavy atom. The predicted molar refractivity (Wildman–Crippen MR) is 152 cm³/mol. The molecule has 1 heterocycles. The Balaban J connectivity index is 1.60. The Hall–Kier alpha value is -2.80. The van der Waals surface area contributed by atoms with Crippen LogP contribution in [0.5, 0.6) is 0 Å². The van der Waals surface area contributed by atoms with Crippen LogP contribution in [0.15, 0.2) is 95.2 Å². The number of rotatable bonds is 5. The third-order valence-electron chi connectivity index (χ3n) is 8.91. The predicted octanol–water partition coefficient (Wildman–Crippen LogP) is 7.10. The van der Waals surface area contributed by atoms with E-state index in [2.05, 4.69) is 6.92 Å². The zero-order valence-corrected chi connectivity index (χ0v) is 24.1.